The molecule has 0 aliphatic carbocycles. The summed E-state index contributed by atoms with van der Waals surface area (Å²) in [4.78, 5) is 7.16. The summed E-state index contributed by atoms with van der Waals surface area (Å²) in [6.07, 6.45) is 5.41. The van der Waals surface area contributed by atoms with Gasteiger partial charge in [0.1, 0.15) is 11.5 Å². The molecule has 0 amide bonds. The van der Waals surface area contributed by atoms with E-state index in [1.54, 1.807) is 6.07 Å². The zero-order valence-electron chi connectivity index (χ0n) is 19.1. The normalized spacial score (nSPS) is 14.9. The Morgan fingerprint density at radius 1 is 1.00 bits per heavy atom. The predicted octanol–water partition coefficient (Wildman–Crippen LogP) is 8.29. The predicted molar refractivity (Wildman–Crippen MR) is 137 cm³/mol. The Morgan fingerprint density at radius 2 is 1.78 bits per heavy atom. The van der Waals surface area contributed by atoms with E-state index >= 15 is 0 Å². The Morgan fingerprint density at radius 3 is 2.50 bits per heavy atom. The van der Waals surface area contributed by atoms with Crippen molar-refractivity contribution in [2.24, 2.45) is 4.99 Å². The van der Waals surface area contributed by atoms with Gasteiger partial charge in [0.05, 0.1) is 11.2 Å². The molecule has 3 nitrogen and oxygen atoms in total. The first-order chi connectivity index (χ1) is 15.4. The summed E-state index contributed by atoms with van der Waals surface area (Å²) in [5.74, 6) is 1.46. The third kappa shape index (κ3) is 4.89. The van der Waals surface area contributed by atoms with Crippen LogP contribution in [0, 0.1) is 0 Å². The fraction of sp³-hybridized carbons (Fsp3) is 0.250. The lowest BCUT2D eigenvalue weighted by Crippen LogP contribution is -2.45. The van der Waals surface area contributed by atoms with E-state index in [4.69, 9.17) is 16.3 Å². The van der Waals surface area contributed by atoms with Crippen molar-refractivity contribution in [2.45, 2.75) is 39.7 Å². The highest BCUT2D eigenvalue weighted by Gasteiger charge is 2.30. The lowest BCUT2D eigenvalue weighted by Gasteiger charge is -2.43. The van der Waals surface area contributed by atoms with Crippen LogP contribution in [0.4, 0.5) is 11.4 Å². The second kappa shape index (κ2) is 9.22. The third-order valence-electron chi connectivity index (χ3n) is 5.68. The molecule has 3 aromatic rings. The van der Waals surface area contributed by atoms with Crippen molar-refractivity contribution >= 4 is 34.8 Å². The average molecular weight is 445 g/mol. The van der Waals surface area contributed by atoms with Crippen LogP contribution in [0.1, 0.15) is 45.2 Å². The molecule has 0 radical (unpaired) electrons. The van der Waals surface area contributed by atoms with Crippen LogP contribution < -0.4 is 9.64 Å². The fourth-order valence-corrected chi connectivity index (χ4v) is 4.41. The number of hydrogen-bond donors (Lipinski definition) is 0. The van der Waals surface area contributed by atoms with Crippen LogP contribution >= 0.6 is 11.6 Å². The number of anilines is 1. The molecule has 4 heteroatoms. The van der Waals surface area contributed by atoms with Gasteiger partial charge in [0.2, 0.25) is 0 Å². The summed E-state index contributed by atoms with van der Waals surface area (Å²) in [5, 5.41) is 0.653. The van der Waals surface area contributed by atoms with Gasteiger partial charge in [-0.05, 0) is 92.9 Å². The molecule has 1 aliphatic rings. The molecule has 0 saturated heterocycles. The zero-order valence-corrected chi connectivity index (χ0v) is 19.9. The second-order valence-electron chi connectivity index (χ2n) is 8.72. The molecular weight excluding hydrogens is 416 g/mol. The standard InChI is InChI=1S/C28H29ClN2O/c1-5-15-31-27-14-9-21(16-26(27)20(2)18-28(31,3)4)19-30-23-10-12-24(13-11-23)32-25-8-6-7-22(29)17-25/h6-14,16-19H,5,15H2,1-4H3. The van der Waals surface area contributed by atoms with Gasteiger partial charge in [-0.3, -0.25) is 4.99 Å². The number of aliphatic imine (C=N–C) groups is 1. The van der Waals surface area contributed by atoms with E-state index in [1.807, 2.05) is 48.7 Å². The molecule has 0 saturated carbocycles. The van der Waals surface area contributed by atoms with Crippen molar-refractivity contribution in [1.82, 2.24) is 0 Å². The largest absolute Gasteiger partial charge is 0.457 e. The van der Waals surface area contributed by atoms with E-state index < -0.39 is 0 Å². The average Bonchev–Trinajstić information content (AvgIpc) is 2.76. The minimum Gasteiger partial charge on any atom is -0.457 e. The third-order valence-corrected chi connectivity index (χ3v) is 5.92. The van der Waals surface area contributed by atoms with Crippen LogP contribution in [-0.2, 0) is 0 Å². The molecule has 0 fully saturated rings. The molecule has 4 rings (SSSR count). The summed E-state index contributed by atoms with van der Waals surface area (Å²) in [7, 11) is 0. The summed E-state index contributed by atoms with van der Waals surface area (Å²) in [6, 6.07) is 21.7. The lowest BCUT2D eigenvalue weighted by molar-refractivity contribution is 0.483. The number of nitrogens with zero attached hydrogens (tertiary/aromatic N) is 2. The van der Waals surface area contributed by atoms with Crippen molar-refractivity contribution in [3.8, 4) is 11.5 Å². The maximum absolute atomic E-state index is 6.02. The topological polar surface area (TPSA) is 24.8 Å². The fourth-order valence-electron chi connectivity index (χ4n) is 4.23. The van der Waals surface area contributed by atoms with E-state index in [9.17, 15) is 0 Å². The Balaban J connectivity index is 1.51. The number of hydrogen-bond acceptors (Lipinski definition) is 3. The first-order valence-electron chi connectivity index (χ1n) is 11.0. The monoisotopic (exact) mass is 444 g/mol. The van der Waals surface area contributed by atoms with Crippen LogP contribution in [0.15, 0.2) is 77.8 Å². The molecule has 32 heavy (non-hydrogen) atoms. The quantitative estimate of drug-likeness (QED) is 0.357. The molecular formula is C28H29ClN2O. The molecule has 1 aliphatic heterocycles. The summed E-state index contributed by atoms with van der Waals surface area (Å²) >= 11 is 6.02. The Kier molecular flexibility index (Phi) is 6.38. The number of halogens is 1. The Labute approximate surface area is 196 Å². The molecule has 0 N–H and O–H groups in total. The number of allylic oxidation sites excluding steroid dienone is 1. The van der Waals surface area contributed by atoms with Crippen molar-refractivity contribution in [2.75, 3.05) is 11.4 Å². The molecule has 0 spiro atoms. The molecule has 1 heterocycles. The van der Waals surface area contributed by atoms with Crippen molar-refractivity contribution in [3.63, 3.8) is 0 Å². The number of fused-ring (bicyclic) bond motifs is 1. The first-order valence-corrected chi connectivity index (χ1v) is 11.4. The van der Waals surface area contributed by atoms with Crippen molar-refractivity contribution < 1.29 is 4.74 Å². The van der Waals surface area contributed by atoms with E-state index in [2.05, 4.69) is 61.9 Å². The van der Waals surface area contributed by atoms with E-state index in [0.29, 0.717) is 10.8 Å². The number of rotatable bonds is 6. The van der Waals surface area contributed by atoms with Gasteiger partial charge in [-0.2, -0.15) is 0 Å². The highest BCUT2D eigenvalue weighted by Crippen LogP contribution is 2.39. The van der Waals surface area contributed by atoms with Gasteiger partial charge in [0, 0.05) is 29.0 Å². The zero-order chi connectivity index (χ0) is 22.7. The van der Waals surface area contributed by atoms with Crippen molar-refractivity contribution in [3.05, 3.63) is 89.0 Å². The van der Waals surface area contributed by atoms with Gasteiger partial charge in [-0.15, -0.1) is 0 Å². The number of benzene rings is 3. The Bertz CT molecular complexity index is 1160. The van der Waals surface area contributed by atoms with Crippen LogP contribution in [-0.4, -0.2) is 18.3 Å². The van der Waals surface area contributed by atoms with Crippen molar-refractivity contribution in [1.29, 1.82) is 0 Å². The highest BCUT2D eigenvalue weighted by molar-refractivity contribution is 6.30. The molecule has 164 valence electrons. The minimum absolute atomic E-state index is 0.0254. The van der Waals surface area contributed by atoms with Gasteiger partial charge in [0.15, 0.2) is 0 Å². The SMILES string of the molecule is CCCN1c2ccc(C=Nc3ccc(Oc4cccc(Cl)c4)cc3)cc2C(C)=CC1(C)C. The van der Waals surface area contributed by atoms with Gasteiger partial charge in [0.25, 0.3) is 0 Å². The van der Waals surface area contributed by atoms with Crippen LogP contribution in [0.5, 0.6) is 11.5 Å². The maximum atomic E-state index is 6.02. The van der Waals surface area contributed by atoms with E-state index in [0.717, 1.165) is 30.0 Å². The molecule has 0 aromatic heterocycles. The first kappa shape index (κ1) is 22.2. The van der Waals surface area contributed by atoms with Crippen LogP contribution in [0.25, 0.3) is 5.57 Å². The minimum atomic E-state index is 0.0254. The summed E-state index contributed by atoms with van der Waals surface area (Å²) < 4.78 is 5.85. The van der Waals surface area contributed by atoms with Crippen LogP contribution in [0.2, 0.25) is 5.02 Å². The Hall–Kier alpha value is -3.04. The second-order valence-corrected chi connectivity index (χ2v) is 9.16. The smallest absolute Gasteiger partial charge is 0.128 e. The van der Waals surface area contributed by atoms with Gasteiger partial charge >= 0.3 is 0 Å². The molecule has 0 unspecified atom stereocenters. The van der Waals surface area contributed by atoms with Gasteiger partial charge in [-0.1, -0.05) is 36.7 Å². The highest BCUT2D eigenvalue weighted by atomic mass is 35.5. The maximum Gasteiger partial charge on any atom is 0.128 e. The van der Waals surface area contributed by atoms with E-state index in [1.165, 1.54) is 16.8 Å². The molecule has 0 bridgehead atoms. The lowest BCUT2D eigenvalue weighted by atomic mass is 9.88. The summed E-state index contributed by atoms with van der Waals surface area (Å²) in [5.41, 5.74) is 5.89. The molecule has 3 aromatic carbocycles. The number of ether oxygens (including phenoxy) is 1. The van der Waals surface area contributed by atoms with Gasteiger partial charge in [-0.25, -0.2) is 0 Å². The van der Waals surface area contributed by atoms with Gasteiger partial charge < -0.3 is 9.64 Å². The summed E-state index contributed by atoms with van der Waals surface area (Å²) in [6.45, 7) is 10.0. The van der Waals surface area contributed by atoms with Crippen LogP contribution in [0.3, 0.4) is 0 Å². The molecule has 0 atom stereocenters. The van der Waals surface area contributed by atoms with E-state index in [-0.39, 0.29) is 5.54 Å².